The molecule has 0 heterocycles. The third-order valence-electron chi connectivity index (χ3n) is 3.13. The predicted molar refractivity (Wildman–Crippen MR) is 43.7 cm³/mol. The van der Waals surface area contributed by atoms with E-state index in [9.17, 15) is 9.59 Å². The molecule has 0 aliphatic heterocycles. The summed E-state index contributed by atoms with van der Waals surface area (Å²) < 4.78 is 0. The topological polar surface area (TPSA) is 54.4 Å². The van der Waals surface area contributed by atoms with E-state index >= 15 is 0 Å². The van der Waals surface area contributed by atoms with Gasteiger partial charge in [-0.25, -0.2) is 0 Å². The molecular formula is C9H14O3. The van der Waals surface area contributed by atoms with Gasteiger partial charge in [0.15, 0.2) is 0 Å². The van der Waals surface area contributed by atoms with Crippen molar-refractivity contribution >= 4 is 12.3 Å². The first-order valence-corrected chi connectivity index (χ1v) is 4.15. The minimum Gasteiger partial charge on any atom is -0.481 e. The Morgan fingerprint density at radius 1 is 1.67 bits per heavy atom. The fourth-order valence-electron chi connectivity index (χ4n) is 1.84. The molecular weight excluding hydrogens is 156 g/mol. The van der Waals surface area contributed by atoms with Crippen LogP contribution >= 0.6 is 0 Å². The summed E-state index contributed by atoms with van der Waals surface area (Å²) >= 11 is 0. The summed E-state index contributed by atoms with van der Waals surface area (Å²) in [7, 11) is 0. The molecule has 1 saturated carbocycles. The molecule has 1 N–H and O–H groups in total. The second-order valence-corrected chi connectivity index (χ2v) is 4.09. The normalized spacial score (nSPS) is 32.2. The number of aliphatic carboxylic acids is 1. The van der Waals surface area contributed by atoms with Gasteiger partial charge in [-0.3, -0.25) is 4.79 Å². The molecule has 1 fully saturated rings. The van der Waals surface area contributed by atoms with Crippen LogP contribution in [-0.2, 0) is 9.59 Å². The van der Waals surface area contributed by atoms with Crippen LogP contribution < -0.4 is 0 Å². The molecule has 0 aromatic rings. The lowest BCUT2D eigenvalue weighted by atomic mass is 9.54. The SMILES string of the molecule is CC1(C)[C@@H](CC(=O)O)C[C@H]1C=O. The first-order chi connectivity index (χ1) is 5.48. The Hall–Kier alpha value is -0.860. The van der Waals surface area contributed by atoms with E-state index in [4.69, 9.17) is 5.11 Å². The molecule has 68 valence electrons. The number of hydrogen-bond donors (Lipinski definition) is 1. The molecule has 1 rings (SSSR count). The number of carbonyl (C=O) groups is 2. The summed E-state index contributed by atoms with van der Waals surface area (Å²) in [5, 5.41) is 8.55. The van der Waals surface area contributed by atoms with E-state index in [-0.39, 0.29) is 23.7 Å². The maximum atomic E-state index is 10.5. The van der Waals surface area contributed by atoms with E-state index in [0.29, 0.717) is 0 Å². The van der Waals surface area contributed by atoms with Gasteiger partial charge in [-0.1, -0.05) is 13.8 Å². The van der Waals surface area contributed by atoms with Crippen molar-refractivity contribution in [2.75, 3.05) is 0 Å². The highest BCUT2D eigenvalue weighted by molar-refractivity contribution is 5.68. The second-order valence-electron chi connectivity index (χ2n) is 4.09. The van der Waals surface area contributed by atoms with Gasteiger partial charge in [0.25, 0.3) is 0 Å². The van der Waals surface area contributed by atoms with Crippen LogP contribution in [-0.4, -0.2) is 17.4 Å². The average molecular weight is 170 g/mol. The summed E-state index contributed by atoms with van der Waals surface area (Å²) in [5.41, 5.74) is -0.111. The fourth-order valence-corrected chi connectivity index (χ4v) is 1.84. The van der Waals surface area contributed by atoms with Crippen LogP contribution in [0.25, 0.3) is 0 Å². The average Bonchev–Trinajstić information content (AvgIpc) is 1.96. The van der Waals surface area contributed by atoms with Crippen molar-refractivity contribution in [1.29, 1.82) is 0 Å². The lowest BCUT2D eigenvalue weighted by molar-refractivity contribution is -0.145. The van der Waals surface area contributed by atoms with Crippen molar-refractivity contribution in [2.24, 2.45) is 17.3 Å². The molecule has 3 heteroatoms. The zero-order chi connectivity index (χ0) is 9.35. The van der Waals surface area contributed by atoms with Crippen LogP contribution in [0.4, 0.5) is 0 Å². The monoisotopic (exact) mass is 170 g/mol. The van der Waals surface area contributed by atoms with E-state index in [0.717, 1.165) is 12.7 Å². The molecule has 0 radical (unpaired) electrons. The number of aldehydes is 1. The molecule has 2 atom stereocenters. The van der Waals surface area contributed by atoms with Crippen LogP contribution in [0.2, 0.25) is 0 Å². The highest BCUT2D eigenvalue weighted by Gasteiger charge is 2.48. The summed E-state index contributed by atoms with van der Waals surface area (Å²) in [6.07, 6.45) is 1.87. The zero-order valence-corrected chi connectivity index (χ0v) is 7.41. The quantitative estimate of drug-likeness (QED) is 0.650. The first-order valence-electron chi connectivity index (χ1n) is 4.15. The highest BCUT2D eigenvalue weighted by Crippen LogP contribution is 2.51. The number of carboxylic acids is 1. The van der Waals surface area contributed by atoms with Crippen molar-refractivity contribution < 1.29 is 14.7 Å². The molecule has 0 aromatic carbocycles. The fraction of sp³-hybridized carbons (Fsp3) is 0.778. The molecule has 1 aliphatic rings. The Bertz CT molecular complexity index is 208. The van der Waals surface area contributed by atoms with Gasteiger partial charge in [-0.15, -0.1) is 0 Å². The maximum absolute atomic E-state index is 10.5. The lowest BCUT2D eigenvalue weighted by Gasteiger charge is -2.49. The first kappa shape index (κ1) is 9.23. The Morgan fingerprint density at radius 3 is 2.58 bits per heavy atom. The summed E-state index contributed by atoms with van der Waals surface area (Å²) in [6, 6.07) is 0. The van der Waals surface area contributed by atoms with E-state index in [1.165, 1.54) is 0 Å². The minimum absolute atomic E-state index is 0.0573. The number of carboxylic acid groups (broad SMARTS) is 1. The van der Waals surface area contributed by atoms with Crippen LogP contribution in [0.5, 0.6) is 0 Å². The minimum atomic E-state index is -0.766. The van der Waals surface area contributed by atoms with Crippen LogP contribution in [0.3, 0.4) is 0 Å². The molecule has 0 spiro atoms. The Balaban J connectivity index is 2.53. The Labute approximate surface area is 71.8 Å². The van der Waals surface area contributed by atoms with Crippen molar-refractivity contribution in [3.05, 3.63) is 0 Å². The van der Waals surface area contributed by atoms with E-state index < -0.39 is 5.97 Å². The van der Waals surface area contributed by atoms with Crippen LogP contribution in [0.15, 0.2) is 0 Å². The molecule has 0 aromatic heterocycles. The third kappa shape index (κ3) is 1.36. The molecule has 0 saturated heterocycles. The third-order valence-corrected chi connectivity index (χ3v) is 3.13. The zero-order valence-electron chi connectivity index (χ0n) is 7.41. The van der Waals surface area contributed by atoms with Crippen molar-refractivity contribution in [3.8, 4) is 0 Å². The van der Waals surface area contributed by atoms with Gasteiger partial charge >= 0.3 is 5.97 Å². The summed E-state index contributed by atoms with van der Waals surface area (Å²) in [4.78, 5) is 20.9. The van der Waals surface area contributed by atoms with Gasteiger partial charge in [-0.05, 0) is 17.8 Å². The second kappa shape index (κ2) is 2.88. The van der Waals surface area contributed by atoms with Crippen LogP contribution in [0.1, 0.15) is 26.7 Å². The van der Waals surface area contributed by atoms with Gasteiger partial charge in [0, 0.05) is 12.3 Å². The number of rotatable bonds is 3. The summed E-state index contributed by atoms with van der Waals surface area (Å²) in [6.45, 7) is 3.92. The van der Waals surface area contributed by atoms with Gasteiger partial charge in [0.05, 0.1) is 0 Å². The van der Waals surface area contributed by atoms with Crippen molar-refractivity contribution in [1.82, 2.24) is 0 Å². The molecule has 0 bridgehead atoms. The highest BCUT2D eigenvalue weighted by atomic mass is 16.4. The van der Waals surface area contributed by atoms with Gasteiger partial charge in [0.2, 0.25) is 0 Å². The van der Waals surface area contributed by atoms with Gasteiger partial charge < -0.3 is 9.90 Å². The standard InChI is InChI=1S/C9H14O3/c1-9(2)6(4-8(11)12)3-7(9)5-10/h5-7H,3-4H2,1-2H3,(H,11,12)/t6-,7+/m1/s1. The van der Waals surface area contributed by atoms with Crippen molar-refractivity contribution in [2.45, 2.75) is 26.7 Å². The number of hydrogen-bond acceptors (Lipinski definition) is 2. The largest absolute Gasteiger partial charge is 0.481 e. The van der Waals surface area contributed by atoms with Gasteiger partial charge in [-0.2, -0.15) is 0 Å². The van der Waals surface area contributed by atoms with Crippen molar-refractivity contribution in [3.63, 3.8) is 0 Å². The molecule has 0 unspecified atom stereocenters. The summed E-state index contributed by atoms with van der Waals surface area (Å²) in [5.74, 6) is -0.538. The molecule has 3 nitrogen and oxygen atoms in total. The number of carbonyl (C=O) groups excluding carboxylic acids is 1. The predicted octanol–water partition coefficient (Wildman–Crippen LogP) is 1.32. The van der Waals surface area contributed by atoms with E-state index in [1.807, 2.05) is 13.8 Å². The van der Waals surface area contributed by atoms with Gasteiger partial charge in [0.1, 0.15) is 6.29 Å². The molecule has 12 heavy (non-hydrogen) atoms. The Kier molecular flexibility index (Phi) is 2.22. The lowest BCUT2D eigenvalue weighted by Crippen LogP contribution is -2.46. The molecule has 1 aliphatic carbocycles. The maximum Gasteiger partial charge on any atom is 0.303 e. The molecule has 0 amide bonds. The van der Waals surface area contributed by atoms with Crippen LogP contribution in [0, 0.1) is 17.3 Å². The van der Waals surface area contributed by atoms with E-state index in [2.05, 4.69) is 0 Å². The van der Waals surface area contributed by atoms with E-state index in [1.54, 1.807) is 0 Å². The Morgan fingerprint density at radius 2 is 2.25 bits per heavy atom. The smallest absolute Gasteiger partial charge is 0.303 e.